The first-order chi connectivity index (χ1) is 6.95. The van der Waals surface area contributed by atoms with Gasteiger partial charge >= 0.3 is 0 Å². The average Bonchev–Trinajstić information content (AvgIpc) is 2.48. The summed E-state index contributed by atoms with van der Waals surface area (Å²) in [6.45, 7) is 0. The molecule has 1 nitrogen and oxygen atoms in total. The zero-order valence-corrected chi connectivity index (χ0v) is 9.43. The molecule has 0 bridgehead atoms. The van der Waals surface area contributed by atoms with Gasteiger partial charge < -0.3 is 5.32 Å². The molecule has 0 heterocycles. The highest BCUT2D eigenvalue weighted by atomic mass is 14.9. The van der Waals surface area contributed by atoms with Crippen molar-refractivity contribution in [1.82, 2.24) is 5.32 Å². The van der Waals surface area contributed by atoms with Crippen LogP contribution in [-0.4, -0.2) is 12.1 Å². The van der Waals surface area contributed by atoms with Gasteiger partial charge in [-0.3, -0.25) is 0 Å². The summed E-state index contributed by atoms with van der Waals surface area (Å²) in [5, 5.41) is 3.90. The Morgan fingerprint density at radius 1 is 0.500 bits per heavy atom. The van der Waals surface area contributed by atoms with Crippen LogP contribution in [0, 0.1) is 0 Å². The lowest BCUT2D eigenvalue weighted by Crippen LogP contribution is -2.39. The Morgan fingerprint density at radius 3 is 1.29 bits per heavy atom. The minimum atomic E-state index is 0.862. The van der Waals surface area contributed by atoms with E-state index in [1.54, 1.807) is 0 Å². The van der Waals surface area contributed by atoms with Crippen molar-refractivity contribution in [3.05, 3.63) is 0 Å². The predicted octanol–water partition coefficient (Wildman–Crippen LogP) is 3.63. The van der Waals surface area contributed by atoms with Crippen LogP contribution in [0.5, 0.6) is 0 Å². The number of hydrogen-bond donors (Lipinski definition) is 1. The summed E-state index contributed by atoms with van der Waals surface area (Å²) in [5.41, 5.74) is 0. The lowest BCUT2D eigenvalue weighted by molar-refractivity contribution is 0.320. The van der Waals surface area contributed by atoms with Gasteiger partial charge in [-0.15, -0.1) is 0 Å². The Balaban J connectivity index is 1.71. The summed E-state index contributed by atoms with van der Waals surface area (Å²) in [4.78, 5) is 0. The third kappa shape index (κ3) is 3.27. The summed E-state index contributed by atoms with van der Waals surface area (Å²) in [5.74, 6) is 0. The Kier molecular flexibility index (Phi) is 4.30. The van der Waals surface area contributed by atoms with Crippen LogP contribution >= 0.6 is 0 Å². The minimum absolute atomic E-state index is 0.862. The van der Waals surface area contributed by atoms with E-state index in [1.807, 2.05) is 0 Å². The monoisotopic (exact) mass is 195 g/mol. The second kappa shape index (κ2) is 5.75. The van der Waals surface area contributed by atoms with Gasteiger partial charge in [0.2, 0.25) is 0 Å². The van der Waals surface area contributed by atoms with Gasteiger partial charge in [0, 0.05) is 12.1 Å². The van der Waals surface area contributed by atoms with Gasteiger partial charge in [-0.2, -0.15) is 0 Å². The SMILES string of the molecule is C1CCCC(NC2CCCCC2)CC1. The van der Waals surface area contributed by atoms with E-state index in [4.69, 9.17) is 0 Å². The fourth-order valence-electron chi connectivity index (χ4n) is 3.05. The van der Waals surface area contributed by atoms with Gasteiger partial charge in [-0.1, -0.05) is 44.9 Å². The maximum atomic E-state index is 3.90. The van der Waals surface area contributed by atoms with Crippen LogP contribution in [0.3, 0.4) is 0 Å². The standard InChI is InChI=1S/C13H25N/c1-2-5-9-12(8-4-1)14-13-10-6-3-7-11-13/h12-14H,1-11H2. The normalized spacial score (nSPS) is 27.4. The largest absolute Gasteiger partial charge is 0.311 e. The second-order valence-electron chi connectivity index (χ2n) is 5.19. The summed E-state index contributed by atoms with van der Waals surface area (Å²) in [6, 6.07) is 1.73. The van der Waals surface area contributed by atoms with Gasteiger partial charge in [-0.05, 0) is 25.7 Å². The van der Waals surface area contributed by atoms with Crippen molar-refractivity contribution in [3.63, 3.8) is 0 Å². The van der Waals surface area contributed by atoms with Crippen molar-refractivity contribution in [2.75, 3.05) is 0 Å². The van der Waals surface area contributed by atoms with Gasteiger partial charge in [-0.25, -0.2) is 0 Å². The van der Waals surface area contributed by atoms with E-state index < -0.39 is 0 Å². The highest BCUT2D eigenvalue weighted by Crippen LogP contribution is 2.22. The Hall–Kier alpha value is -0.0400. The fourth-order valence-corrected chi connectivity index (χ4v) is 3.05. The lowest BCUT2D eigenvalue weighted by Gasteiger charge is -2.27. The van der Waals surface area contributed by atoms with E-state index in [9.17, 15) is 0 Å². The highest BCUT2D eigenvalue weighted by molar-refractivity contribution is 4.78. The number of rotatable bonds is 2. The summed E-state index contributed by atoms with van der Waals surface area (Å²) in [7, 11) is 0. The molecular formula is C13H25N. The average molecular weight is 195 g/mol. The molecule has 2 saturated carbocycles. The summed E-state index contributed by atoms with van der Waals surface area (Å²) < 4.78 is 0. The first-order valence-electron chi connectivity index (χ1n) is 6.71. The van der Waals surface area contributed by atoms with Gasteiger partial charge in [0.25, 0.3) is 0 Å². The smallest absolute Gasteiger partial charge is 0.00696 e. The van der Waals surface area contributed by atoms with Crippen molar-refractivity contribution in [2.45, 2.75) is 82.7 Å². The van der Waals surface area contributed by atoms with E-state index >= 15 is 0 Å². The molecule has 0 aromatic heterocycles. The molecular weight excluding hydrogens is 170 g/mol. The van der Waals surface area contributed by atoms with Crippen molar-refractivity contribution in [3.8, 4) is 0 Å². The molecule has 1 N–H and O–H groups in total. The molecule has 2 aliphatic carbocycles. The molecule has 0 aromatic carbocycles. The third-order valence-electron chi connectivity index (χ3n) is 3.93. The molecule has 0 amide bonds. The Morgan fingerprint density at radius 2 is 0.857 bits per heavy atom. The first kappa shape index (κ1) is 10.5. The van der Waals surface area contributed by atoms with Crippen LogP contribution in [-0.2, 0) is 0 Å². The Labute approximate surface area is 88.7 Å². The molecule has 2 fully saturated rings. The lowest BCUT2D eigenvalue weighted by atomic mass is 9.94. The molecule has 0 aromatic rings. The number of hydrogen-bond acceptors (Lipinski definition) is 1. The molecule has 1 heteroatoms. The maximum absolute atomic E-state index is 3.90. The molecule has 2 aliphatic rings. The van der Waals surface area contributed by atoms with Crippen LogP contribution in [0.1, 0.15) is 70.6 Å². The second-order valence-corrected chi connectivity index (χ2v) is 5.19. The van der Waals surface area contributed by atoms with Gasteiger partial charge in [0.15, 0.2) is 0 Å². The third-order valence-corrected chi connectivity index (χ3v) is 3.93. The maximum Gasteiger partial charge on any atom is 0.00696 e. The summed E-state index contributed by atoms with van der Waals surface area (Å²) >= 11 is 0. The Bertz CT molecular complexity index is 141. The van der Waals surface area contributed by atoms with Crippen molar-refractivity contribution in [2.24, 2.45) is 0 Å². The molecule has 0 saturated heterocycles. The van der Waals surface area contributed by atoms with Gasteiger partial charge in [0.1, 0.15) is 0 Å². The number of nitrogens with one attached hydrogen (secondary N) is 1. The fraction of sp³-hybridized carbons (Fsp3) is 1.00. The zero-order valence-electron chi connectivity index (χ0n) is 9.43. The summed E-state index contributed by atoms with van der Waals surface area (Å²) in [6.07, 6.45) is 16.0. The van der Waals surface area contributed by atoms with Crippen molar-refractivity contribution < 1.29 is 0 Å². The van der Waals surface area contributed by atoms with Crippen LogP contribution < -0.4 is 5.32 Å². The van der Waals surface area contributed by atoms with Crippen molar-refractivity contribution >= 4 is 0 Å². The molecule has 0 spiro atoms. The van der Waals surface area contributed by atoms with Gasteiger partial charge in [0.05, 0.1) is 0 Å². The van der Waals surface area contributed by atoms with E-state index in [2.05, 4.69) is 5.32 Å². The first-order valence-corrected chi connectivity index (χ1v) is 6.71. The highest BCUT2D eigenvalue weighted by Gasteiger charge is 2.18. The van der Waals surface area contributed by atoms with E-state index in [0.29, 0.717) is 0 Å². The van der Waals surface area contributed by atoms with Crippen molar-refractivity contribution in [1.29, 1.82) is 0 Å². The molecule has 0 atom stereocenters. The minimum Gasteiger partial charge on any atom is -0.311 e. The molecule has 0 aliphatic heterocycles. The van der Waals surface area contributed by atoms with Crippen LogP contribution in [0.2, 0.25) is 0 Å². The predicted molar refractivity (Wildman–Crippen MR) is 61.5 cm³/mol. The van der Waals surface area contributed by atoms with E-state index in [0.717, 1.165) is 12.1 Å². The molecule has 0 radical (unpaired) electrons. The van der Waals surface area contributed by atoms with Crippen LogP contribution in [0.4, 0.5) is 0 Å². The molecule has 14 heavy (non-hydrogen) atoms. The molecule has 0 unspecified atom stereocenters. The van der Waals surface area contributed by atoms with E-state index in [-0.39, 0.29) is 0 Å². The van der Waals surface area contributed by atoms with E-state index in [1.165, 1.54) is 70.6 Å². The molecule has 82 valence electrons. The quantitative estimate of drug-likeness (QED) is 0.663. The molecule has 2 rings (SSSR count). The van der Waals surface area contributed by atoms with Crippen LogP contribution in [0.25, 0.3) is 0 Å². The topological polar surface area (TPSA) is 12.0 Å². The zero-order chi connectivity index (χ0) is 9.64. The van der Waals surface area contributed by atoms with Crippen LogP contribution in [0.15, 0.2) is 0 Å².